The maximum atomic E-state index is 13.7. The zero-order chi connectivity index (χ0) is 23.0. The second-order valence-electron chi connectivity index (χ2n) is 8.84. The van der Waals surface area contributed by atoms with Crippen molar-refractivity contribution in [3.05, 3.63) is 66.0 Å². The molecule has 2 amide bonds. The summed E-state index contributed by atoms with van der Waals surface area (Å²) in [7, 11) is 1.63. The molecule has 5 rings (SSSR count). The minimum Gasteiger partial charge on any atom is -0.497 e. The monoisotopic (exact) mass is 445 g/mol. The number of benzene rings is 2. The van der Waals surface area contributed by atoms with Crippen molar-refractivity contribution in [3.8, 4) is 17.1 Å². The second-order valence-corrected chi connectivity index (χ2v) is 8.84. The van der Waals surface area contributed by atoms with E-state index in [1.165, 1.54) is 6.92 Å². The Hall–Kier alpha value is -3.68. The third-order valence-electron chi connectivity index (χ3n) is 6.68. The number of aromatic amines is 1. The molecule has 0 bridgehead atoms. The lowest BCUT2D eigenvalue weighted by Crippen LogP contribution is -2.41. The molecule has 2 heterocycles. The van der Waals surface area contributed by atoms with Gasteiger partial charge in [-0.25, -0.2) is 4.98 Å². The van der Waals surface area contributed by atoms with Crippen LogP contribution in [0.2, 0.25) is 0 Å². The third kappa shape index (κ3) is 3.97. The molecule has 2 aromatic carbocycles. The van der Waals surface area contributed by atoms with Crippen LogP contribution in [0.3, 0.4) is 0 Å². The molecule has 1 aromatic heterocycles. The summed E-state index contributed by atoms with van der Waals surface area (Å²) in [6, 6.07) is 17.3. The van der Waals surface area contributed by atoms with Crippen LogP contribution in [0.5, 0.6) is 5.75 Å². The fourth-order valence-electron chi connectivity index (χ4n) is 4.77. The van der Waals surface area contributed by atoms with Crippen molar-refractivity contribution in [3.63, 3.8) is 0 Å². The molecule has 170 valence electrons. The summed E-state index contributed by atoms with van der Waals surface area (Å²) >= 11 is 0. The van der Waals surface area contributed by atoms with Crippen molar-refractivity contribution in [2.45, 2.75) is 37.1 Å². The van der Waals surface area contributed by atoms with Crippen LogP contribution in [0.4, 0.5) is 0 Å². The molecule has 1 saturated carbocycles. The molecule has 0 radical (unpaired) electrons. The Kier molecular flexibility index (Phi) is 5.36. The van der Waals surface area contributed by atoms with Gasteiger partial charge in [-0.15, -0.1) is 0 Å². The van der Waals surface area contributed by atoms with Crippen molar-refractivity contribution in [1.82, 2.24) is 25.4 Å². The lowest BCUT2D eigenvalue weighted by atomic mass is 9.94. The molecule has 0 unspecified atom stereocenters. The Morgan fingerprint density at radius 3 is 2.45 bits per heavy atom. The number of nitrogens with one attached hydrogen (secondary N) is 2. The van der Waals surface area contributed by atoms with Crippen molar-refractivity contribution in [2.75, 3.05) is 20.2 Å². The highest BCUT2D eigenvalue weighted by Crippen LogP contribution is 2.50. The van der Waals surface area contributed by atoms with Gasteiger partial charge >= 0.3 is 0 Å². The number of ether oxygens (including phenoxy) is 1. The standard InChI is InChI=1S/C25H27N5O3/c1-16(31)26-21-15-30(24(32)25(12-13-25)18-8-10-19(33-2)11-9-18)14-20(21)23-27-22(28-29-23)17-6-4-3-5-7-17/h3-11,20-21H,12-15H2,1-2H3,(H,26,31)(H,27,28,29)/t20-,21-/m1/s1. The molecule has 3 aromatic rings. The van der Waals surface area contributed by atoms with Crippen LogP contribution in [-0.2, 0) is 15.0 Å². The Morgan fingerprint density at radius 1 is 1.09 bits per heavy atom. The zero-order valence-corrected chi connectivity index (χ0v) is 18.7. The smallest absolute Gasteiger partial charge is 0.233 e. The number of methoxy groups -OCH3 is 1. The first-order valence-corrected chi connectivity index (χ1v) is 11.2. The quantitative estimate of drug-likeness (QED) is 0.608. The fourth-order valence-corrected chi connectivity index (χ4v) is 4.77. The summed E-state index contributed by atoms with van der Waals surface area (Å²) in [5.41, 5.74) is 1.44. The van der Waals surface area contributed by atoms with E-state index in [1.807, 2.05) is 59.5 Å². The summed E-state index contributed by atoms with van der Waals surface area (Å²) in [5.74, 6) is 1.88. The van der Waals surface area contributed by atoms with Crippen LogP contribution < -0.4 is 10.1 Å². The number of amides is 2. The van der Waals surface area contributed by atoms with Crippen LogP contribution in [0.25, 0.3) is 11.4 Å². The number of likely N-dealkylation sites (tertiary alicyclic amines) is 1. The number of rotatable bonds is 6. The first-order chi connectivity index (χ1) is 16.0. The maximum Gasteiger partial charge on any atom is 0.233 e. The molecule has 1 aliphatic heterocycles. The minimum atomic E-state index is -0.488. The highest BCUT2D eigenvalue weighted by Gasteiger charge is 2.55. The molecular formula is C25H27N5O3. The predicted molar refractivity (Wildman–Crippen MR) is 123 cm³/mol. The normalized spacial score (nSPS) is 21.0. The lowest BCUT2D eigenvalue weighted by molar-refractivity contribution is -0.133. The van der Waals surface area contributed by atoms with Gasteiger partial charge in [0.25, 0.3) is 0 Å². The average molecular weight is 446 g/mol. The largest absolute Gasteiger partial charge is 0.497 e. The maximum absolute atomic E-state index is 13.7. The Bertz CT molecular complexity index is 1150. The minimum absolute atomic E-state index is 0.105. The molecule has 2 aliphatic rings. The summed E-state index contributed by atoms with van der Waals surface area (Å²) in [5, 5.41) is 10.4. The van der Waals surface area contributed by atoms with Crippen LogP contribution in [0.1, 0.15) is 37.1 Å². The molecule has 33 heavy (non-hydrogen) atoms. The Balaban J connectivity index is 1.38. The summed E-state index contributed by atoms with van der Waals surface area (Å²) in [6.07, 6.45) is 1.65. The van der Waals surface area contributed by atoms with E-state index < -0.39 is 5.41 Å². The molecule has 2 N–H and O–H groups in total. The topological polar surface area (TPSA) is 100 Å². The van der Waals surface area contributed by atoms with Gasteiger partial charge in [-0.1, -0.05) is 42.5 Å². The average Bonchev–Trinajstić information content (AvgIpc) is 3.31. The van der Waals surface area contributed by atoms with Gasteiger partial charge in [0.2, 0.25) is 11.8 Å². The number of aromatic nitrogens is 3. The second kappa shape index (κ2) is 8.35. The number of hydrogen-bond donors (Lipinski definition) is 2. The zero-order valence-electron chi connectivity index (χ0n) is 18.7. The Labute approximate surface area is 192 Å². The van der Waals surface area contributed by atoms with E-state index in [1.54, 1.807) is 7.11 Å². The van der Waals surface area contributed by atoms with Crippen molar-refractivity contribution >= 4 is 11.8 Å². The predicted octanol–water partition coefficient (Wildman–Crippen LogP) is 2.64. The highest BCUT2D eigenvalue weighted by atomic mass is 16.5. The molecular weight excluding hydrogens is 418 g/mol. The highest BCUT2D eigenvalue weighted by molar-refractivity contribution is 5.91. The van der Waals surface area contributed by atoms with Gasteiger partial charge in [-0.05, 0) is 30.5 Å². The van der Waals surface area contributed by atoms with Crippen molar-refractivity contribution in [2.24, 2.45) is 0 Å². The molecule has 2 atom stereocenters. The number of hydrogen-bond acceptors (Lipinski definition) is 5. The van der Waals surface area contributed by atoms with Gasteiger partial charge in [0.05, 0.1) is 24.5 Å². The van der Waals surface area contributed by atoms with E-state index in [0.29, 0.717) is 24.7 Å². The van der Waals surface area contributed by atoms with E-state index in [-0.39, 0.29) is 23.8 Å². The number of carbonyl (C=O) groups is 2. The summed E-state index contributed by atoms with van der Waals surface area (Å²) in [6.45, 7) is 2.42. The van der Waals surface area contributed by atoms with Gasteiger partial charge < -0.3 is 15.0 Å². The molecule has 0 spiro atoms. The molecule has 8 heteroatoms. The van der Waals surface area contributed by atoms with Crippen LogP contribution in [-0.4, -0.2) is 58.1 Å². The van der Waals surface area contributed by atoms with Crippen LogP contribution in [0, 0.1) is 0 Å². The van der Waals surface area contributed by atoms with Gasteiger partial charge in [-0.3, -0.25) is 14.7 Å². The molecule has 2 fully saturated rings. The number of H-pyrrole nitrogens is 1. The first-order valence-electron chi connectivity index (χ1n) is 11.2. The Morgan fingerprint density at radius 2 is 1.82 bits per heavy atom. The lowest BCUT2D eigenvalue weighted by Gasteiger charge is -2.23. The third-order valence-corrected chi connectivity index (χ3v) is 6.68. The van der Waals surface area contributed by atoms with Crippen molar-refractivity contribution < 1.29 is 14.3 Å². The van der Waals surface area contributed by atoms with E-state index in [2.05, 4.69) is 15.5 Å². The van der Waals surface area contributed by atoms with E-state index in [0.717, 1.165) is 29.7 Å². The van der Waals surface area contributed by atoms with E-state index in [9.17, 15) is 9.59 Å². The van der Waals surface area contributed by atoms with Crippen molar-refractivity contribution in [1.29, 1.82) is 0 Å². The summed E-state index contributed by atoms with van der Waals surface area (Å²) < 4.78 is 5.26. The van der Waals surface area contributed by atoms with E-state index >= 15 is 0 Å². The van der Waals surface area contributed by atoms with E-state index in [4.69, 9.17) is 9.72 Å². The molecule has 1 saturated heterocycles. The SMILES string of the molecule is COc1ccc(C2(C(=O)N3C[C@@H](NC(C)=O)[C@H](c4nc(-c5ccccc5)n[nH]4)C3)CC2)cc1. The van der Waals surface area contributed by atoms with Gasteiger partial charge in [0.15, 0.2) is 5.82 Å². The van der Waals surface area contributed by atoms with Crippen LogP contribution >= 0.6 is 0 Å². The van der Waals surface area contributed by atoms with Gasteiger partial charge in [0.1, 0.15) is 11.6 Å². The molecule has 8 nitrogen and oxygen atoms in total. The van der Waals surface area contributed by atoms with Gasteiger partial charge in [-0.2, -0.15) is 5.10 Å². The van der Waals surface area contributed by atoms with Crippen LogP contribution in [0.15, 0.2) is 54.6 Å². The molecule has 1 aliphatic carbocycles. The number of carbonyl (C=O) groups excluding carboxylic acids is 2. The fraction of sp³-hybridized carbons (Fsp3) is 0.360. The summed E-state index contributed by atoms with van der Waals surface area (Å²) in [4.78, 5) is 32.1. The first kappa shape index (κ1) is 21.2. The number of nitrogens with zero attached hydrogens (tertiary/aromatic N) is 3. The van der Waals surface area contributed by atoms with Gasteiger partial charge in [0, 0.05) is 25.6 Å².